The molecule has 0 aliphatic rings. The van der Waals surface area contributed by atoms with Crippen LogP contribution in [0, 0.1) is 0 Å². The molecule has 0 aliphatic carbocycles. The number of carbonyl (C=O) groups is 1. The zero-order valence-electron chi connectivity index (χ0n) is 9.79. The van der Waals surface area contributed by atoms with Gasteiger partial charge in [0.25, 0.3) is 0 Å². The number of nitrogens with one attached hydrogen (secondary N) is 1. The number of anilines is 1. The minimum absolute atomic E-state index is 0.320. The van der Waals surface area contributed by atoms with Crippen molar-refractivity contribution in [2.45, 2.75) is 26.3 Å². The van der Waals surface area contributed by atoms with Crippen molar-refractivity contribution < 1.29 is 4.79 Å². The second-order valence-electron chi connectivity index (χ2n) is 4.54. The summed E-state index contributed by atoms with van der Waals surface area (Å²) in [5.74, 6) is 0. The van der Waals surface area contributed by atoms with E-state index >= 15 is 0 Å². The Morgan fingerprint density at radius 2 is 1.88 bits per heavy atom. The Hall–Kier alpha value is -0.580. The van der Waals surface area contributed by atoms with Gasteiger partial charge in [0.05, 0.1) is 10.0 Å². The zero-order valence-corrected chi connectivity index (χ0v) is 12.2. The van der Waals surface area contributed by atoms with Crippen LogP contribution in [-0.4, -0.2) is 15.9 Å². The smallest absolute Gasteiger partial charge is 0.307 e. The van der Waals surface area contributed by atoms with Gasteiger partial charge in [0.1, 0.15) is 0 Å². The first kappa shape index (κ1) is 14.5. The summed E-state index contributed by atoms with van der Waals surface area (Å²) in [6, 6.07) is 4.57. The van der Waals surface area contributed by atoms with Gasteiger partial charge < -0.3 is 5.32 Å². The summed E-state index contributed by atoms with van der Waals surface area (Å²) in [5.41, 5.74) is 0.205. The summed E-state index contributed by atoms with van der Waals surface area (Å²) in [4.78, 5) is 11.8. The van der Waals surface area contributed by atoms with Crippen LogP contribution in [0.2, 0.25) is 10.0 Å². The Morgan fingerprint density at radius 1 is 1.29 bits per heavy atom. The molecule has 1 aromatic carbocycles. The normalized spacial score (nSPS) is 11.2. The third-order valence-electron chi connectivity index (χ3n) is 2.00. The molecule has 0 atom stereocenters. The molecule has 6 heteroatoms. The highest BCUT2D eigenvalue weighted by molar-refractivity contribution is 7.78. The Morgan fingerprint density at radius 3 is 2.35 bits per heavy atom. The molecular weight excluding hydrogens is 279 g/mol. The van der Waals surface area contributed by atoms with Crippen molar-refractivity contribution in [2.24, 2.45) is 0 Å². The average Bonchev–Trinajstić information content (AvgIpc) is 2.21. The van der Waals surface area contributed by atoms with E-state index in [-0.39, 0.29) is 11.6 Å². The predicted molar refractivity (Wildman–Crippen MR) is 76.1 cm³/mol. The van der Waals surface area contributed by atoms with E-state index in [0.29, 0.717) is 15.7 Å². The molecule has 1 rings (SSSR count). The maximum Gasteiger partial charge on any atom is 0.332 e. The monoisotopic (exact) mass is 292 g/mol. The molecule has 0 spiro atoms. The number of rotatable bonds is 1. The van der Waals surface area contributed by atoms with Crippen LogP contribution < -0.4 is 5.32 Å². The molecule has 0 bridgehead atoms. The lowest BCUT2D eigenvalue weighted by molar-refractivity contribution is 0.216. The molecule has 0 heterocycles. The van der Waals surface area contributed by atoms with Gasteiger partial charge in [-0.15, -0.1) is 0 Å². The maximum absolute atomic E-state index is 11.8. The van der Waals surface area contributed by atoms with E-state index in [9.17, 15) is 4.79 Å². The van der Waals surface area contributed by atoms with Crippen LogP contribution in [0.25, 0.3) is 0 Å². The second kappa shape index (κ2) is 5.38. The standard InChI is InChI=1S/C11H14Cl2N2OS/c1-11(2,3)15(17)10(16)14-7-4-5-8(12)9(13)6-7/h4-6,17H,1-3H3,(H,14,16). The largest absolute Gasteiger partial charge is 0.332 e. The van der Waals surface area contributed by atoms with Crippen LogP contribution in [0.1, 0.15) is 20.8 Å². The lowest BCUT2D eigenvalue weighted by Crippen LogP contribution is -2.41. The summed E-state index contributed by atoms with van der Waals surface area (Å²) in [6.07, 6.45) is 0. The van der Waals surface area contributed by atoms with Gasteiger partial charge in [-0.3, -0.25) is 4.31 Å². The lowest BCUT2D eigenvalue weighted by atomic mass is 10.1. The average molecular weight is 293 g/mol. The SMILES string of the molecule is CC(C)(C)N(S)C(=O)Nc1ccc(Cl)c(Cl)c1. The predicted octanol–water partition coefficient (Wildman–Crippen LogP) is 4.47. The molecule has 0 aromatic heterocycles. The Labute approximate surface area is 117 Å². The third kappa shape index (κ3) is 3.98. The molecule has 0 saturated carbocycles. The number of benzene rings is 1. The topological polar surface area (TPSA) is 32.3 Å². The highest BCUT2D eigenvalue weighted by Gasteiger charge is 2.23. The number of hydrogen-bond acceptors (Lipinski definition) is 2. The second-order valence-corrected chi connectivity index (χ2v) is 5.76. The van der Waals surface area contributed by atoms with Crippen LogP contribution in [0.4, 0.5) is 10.5 Å². The Bertz CT molecular complexity index is 432. The fraction of sp³-hybridized carbons (Fsp3) is 0.364. The van der Waals surface area contributed by atoms with Gasteiger partial charge in [0.15, 0.2) is 0 Å². The highest BCUT2D eigenvalue weighted by atomic mass is 35.5. The number of carbonyl (C=O) groups excluding carboxylic acids is 1. The van der Waals surface area contributed by atoms with Gasteiger partial charge in [-0.2, -0.15) is 0 Å². The molecule has 0 fully saturated rings. The summed E-state index contributed by atoms with van der Waals surface area (Å²) >= 11 is 15.8. The van der Waals surface area contributed by atoms with E-state index in [2.05, 4.69) is 18.1 Å². The van der Waals surface area contributed by atoms with Crippen LogP contribution in [-0.2, 0) is 0 Å². The van der Waals surface area contributed by atoms with Crippen molar-refractivity contribution >= 4 is 47.7 Å². The van der Waals surface area contributed by atoms with Gasteiger partial charge in [-0.05, 0) is 39.0 Å². The fourth-order valence-electron chi connectivity index (χ4n) is 1.05. The molecule has 17 heavy (non-hydrogen) atoms. The minimum atomic E-state index is -0.372. The summed E-state index contributed by atoms with van der Waals surface area (Å²) in [5, 5.41) is 3.53. The van der Waals surface area contributed by atoms with Crippen molar-refractivity contribution in [3.8, 4) is 0 Å². The highest BCUT2D eigenvalue weighted by Crippen LogP contribution is 2.26. The first-order chi connectivity index (χ1) is 7.71. The molecule has 0 unspecified atom stereocenters. The fourth-order valence-corrected chi connectivity index (χ4v) is 1.40. The van der Waals surface area contributed by atoms with Crippen molar-refractivity contribution in [3.63, 3.8) is 0 Å². The van der Waals surface area contributed by atoms with Crippen LogP contribution in [0.3, 0.4) is 0 Å². The molecule has 94 valence electrons. The molecule has 1 aromatic rings. The van der Waals surface area contributed by atoms with Crippen molar-refractivity contribution in [1.82, 2.24) is 4.31 Å². The molecule has 1 N–H and O–H groups in total. The maximum atomic E-state index is 11.8. The number of thiol groups is 1. The number of hydrogen-bond donors (Lipinski definition) is 2. The van der Waals surface area contributed by atoms with Gasteiger partial charge in [0, 0.05) is 11.2 Å². The molecule has 0 saturated heterocycles. The van der Waals surface area contributed by atoms with Gasteiger partial charge in [0.2, 0.25) is 0 Å². The molecule has 3 nitrogen and oxygen atoms in total. The molecule has 0 aliphatic heterocycles. The van der Waals surface area contributed by atoms with Crippen LogP contribution >= 0.6 is 36.0 Å². The van der Waals surface area contributed by atoms with Gasteiger partial charge >= 0.3 is 6.03 Å². The quantitative estimate of drug-likeness (QED) is 0.736. The Kier molecular flexibility index (Phi) is 4.58. The molecule has 0 radical (unpaired) electrons. The van der Waals surface area contributed by atoms with Gasteiger partial charge in [-0.1, -0.05) is 36.0 Å². The van der Waals surface area contributed by atoms with E-state index < -0.39 is 0 Å². The number of amides is 2. The zero-order chi connectivity index (χ0) is 13.2. The van der Waals surface area contributed by atoms with Crippen molar-refractivity contribution in [3.05, 3.63) is 28.2 Å². The van der Waals surface area contributed by atoms with E-state index in [4.69, 9.17) is 23.2 Å². The first-order valence-electron chi connectivity index (χ1n) is 4.97. The first-order valence-corrected chi connectivity index (χ1v) is 6.12. The van der Waals surface area contributed by atoms with E-state index in [0.717, 1.165) is 0 Å². The Balaban J connectivity index is 2.78. The van der Waals surface area contributed by atoms with Gasteiger partial charge in [-0.25, -0.2) is 4.79 Å². The number of halogens is 2. The summed E-state index contributed by atoms with van der Waals surface area (Å²) in [6.45, 7) is 5.65. The lowest BCUT2D eigenvalue weighted by Gasteiger charge is -2.30. The van der Waals surface area contributed by atoms with Crippen molar-refractivity contribution in [1.29, 1.82) is 0 Å². The third-order valence-corrected chi connectivity index (χ3v) is 3.52. The van der Waals surface area contributed by atoms with E-state index in [1.807, 2.05) is 20.8 Å². The number of nitrogens with zero attached hydrogens (tertiary/aromatic N) is 1. The summed E-state index contributed by atoms with van der Waals surface area (Å²) < 4.78 is 1.31. The molecule has 2 amide bonds. The summed E-state index contributed by atoms with van der Waals surface area (Å²) in [7, 11) is 0. The van der Waals surface area contributed by atoms with Crippen LogP contribution in [0.15, 0.2) is 18.2 Å². The molecular formula is C11H14Cl2N2OS. The van der Waals surface area contributed by atoms with Crippen LogP contribution in [0.5, 0.6) is 0 Å². The van der Waals surface area contributed by atoms with E-state index in [1.54, 1.807) is 18.2 Å². The number of urea groups is 1. The van der Waals surface area contributed by atoms with Crippen molar-refractivity contribution in [2.75, 3.05) is 5.32 Å². The minimum Gasteiger partial charge on any atom is -0.307 e. The van der Waals surface area contributed by atoms with E-state index in [1.165, 1.54) is 4.31 Å².